The topological polar surface area (TPSA) is 143 Å². The average Bonchev–Trinajstić information content (AvgIpc) is 3.10. The first kappa shape index (κ1) is 23.1. The van der Waals surface area contributed by atoms with E-state index in [2.05, 4.69) is 15.0 Å². The Hall–Kier alpha value is -3.60. The highest BCUT2D eigenvalue weighted by Gasteiger charge is 2.23. The fourth-order valence-corrected chi connectivity index (χ4v) is 3.81. The van der Waals surface area contributed by atoms with Crippen LogP contribution in [-0.4, -0.2) is 37.6 Å². The molecule has 1 heterocycles. The van der Waals surface area contributed by atoms with Crippen molar-refractivity contribution in [1.29, 1.82) is 0 Å². The van der Waals surface area contributed by atoms with Crippen LogP contribution in [-0.2, 0) is 15.4 Å². The minimum absolute atomic E-state index is 0.107. The lowest BCUT2D eigenvalue weighted by Crippen LogP contribution is -2.18. The number of H-pyrrole nitrogens is 1. The van der Waals surface area contributed by atoms with Gasteiger partial charge in [0.05, 0.1) is 29.7 Å². The zero-order chi connectivity index (χ0) is 23.8. The molecule has 1 amide bonds. The second kappa shape index (κ2) is 8.15. The van der Waals surface area contributed by atoms with Gasteiger partial charge in [0, 0.05) is 11.5 Å². The largest absolute Gasteiger partial charge is 0.492 e. The predicted molar refractivity (Wildman–Crippen MR) is 123 cm³/mol. The summed E-state index contributed by atoms with van der Waals surface area (Å²) in [5.74, 6) is -0.427. The molecule has 0 aliphatic rings. The van der Waals surface area contributed by atoms with Gasteiger partial charge in [-0.1, -0.05) is 32.9 Å². The van der Waals surface area contributed by atoms with Gasteiger partial charge in [0.2, 0.25) is 10.0 Å². The maximum Gasteiger partial charge on any atom is 0.293 e. The quantitative estimate of drug-likeness (QED) is 0.375. The molecule has 0 saturated carbocycles. The third-order valence-electron chi connectivity index (χ3n) is 4.78. The number of benzene rings is 2. The van der Waals surface area contributed by atoms with Crippen molar-refractivity contribution in [1.82, 2.24) is 4.98 Å². The number of nitrogens with zero attached hydrogens (tertiary/aromatic N) is 1. The third-order valence-corrected chi connectivity index (χ3v) is 5.37. The number of anilines is 2. The molecule has 0 aliphatic heterocycles. The number of rotatable bonds is 6. The first-order chi connectivity index (χ1) is 14.8. The molecule has 0 unspecified atom stereocenters. The number of fused-ring (bicyclic) bond motifs is 1. The minimum atomic E-state index is -3.61. The van der Waals surface area contributed by atoms with Crippen LogP contribution in [0.3, 0.4) is 0 Å². The highest BCUT2D eigenvalue weighted by Crippen LogP contribution is 2.39. The van der Waals surface area contributed by atoms with Gasteiger partial charge in [0.1, 0.15) is 11.2 Å². The number of ether oxygens (including phenoxy) is 1. The highest BCUT2D eigenvalue weighted by molar-refractivity contribution is 7.92. The monoisotopic (exact) mass is 460 g/mol. The van der Waals surface area contributed by atoms with Crippen LogP contribution >= 0.6 is 0 Å². The minimum Gasteiger partial charge on any atom is -0.492 e. The molecule has 0 atom stereocenters. The second-order valence-corrected chi connectivity index (χ2v) is 10.1. The van der Waals surface area contributed by atoms with E-state index in [0.29, 0.717) is 5.39 Å². The standard InChI is InChI=1S/C21H24N4O6S/c1-21(2,3)13-10-14(19(31-4)15(11-13)24-32(5,29)30)23-20(26)16-9-12-7-6-8-17(25(27)28)18(12)22-16/h6-11,22,24H,1-5H3,(H,23,26). The van der Waals surface area contributed by atoms with Crippen LogP contribution in [0, 0.1) is 10.1 Å². The highest BCUT2D eigenvalue weighted by atomic mass is 32.2. The van der Waals surface area contributed by atoms with E-state index in [0.717, 1.165) is 11.8 Å². The van der Waals surface area contributed by atoms with E-state index in [4.69, 9.17) is 4.74 Å². The number of carbonyl (C=O) groups is 1. The molecule has 0 saturated heterocycles. The average molecular weight is 461 g/mol. The number of sulfonamides is 1. The Morgan fingerprint density at radius 1 is 1.16 bits per heavy atom. The fraction of sp³-hybridized carbons (Fsp3) is 0.286. The summed E-state index contributed by atoms with van der Waals surface area (Å²) in [6.07, 6.45) is 1.02. The zero-order valence-corrected chi connectivity index (χ0v) is 19.1. The maximum absolute atomic E-state index is 13.0. The third kappa shape index (κ3) is 4.83. The zero-order valence-electron chi connectivity index (χ0n) is 18.3. The lowest BCUT2D eigenvalue weighted by Gasteiger charge is -2.23. The van der Waals surface area contributed by atoms with E-state index in [9.17, 15) is 23.3 Å². The van der Waals surface area contributed by atoms with Crippen molar-refractivity contribution >= 4 is 43.9 Å². The molecule has 11 heteroatoms. The van der Waals surface area contributed by atoms with E-state index >= 15 is 0 Å². The number of amides is 1. The first-order valence-electron chi connectivity index (χ1n) is 9.58. The molecular formula is C21H24N4O6S. The molecule has 0 fully saturated rings. The number of nitrogens with one attached hydrogen (secondary N) is 3. The van der Waals surface area contributed by atoms with E-state index in [1.54, 1.807) is 18.2 Å². The van der Waals surface area contributed by atoms with Crippen molar-refractivity contribution in [2.45, 2.75) is 26.2 Å². The summed E-state index contributed by atoms with van der Waals surface area (Å²) in [4.78, 5) is 26.5. The number of hydrogen-bond donors (Lipinski definition) is 3. The summed E-state index contributed by atoms with van der Waals surface area (Å²) >= 11 is 0. The Bertz CT molecular complexity index is 1320. The van der Waals surface area contributed by atoms with Crippen molar-refractivity contribution in [3.63, 3.8) is 0 Å². The fourth-order valence-electron chi connectivity index (χ4n) is 3.25. The number of carbonyl (C=O) groups excluding carboxylic acids is 1. The van der Waals surface area contributed by atoms with Crippen molar-refractivity contribution in [2.24, 2.45) is 0 Å². The molecule has 0 aliphatic carbocycles. The van der Waals surface area contributed by atoms with E-state index < -0.39 is 20.9 Å². The van der Waals surface area contributed by atoms with Crippen LogP contribution in [0.15, 0.2) is 36.4 Å². The van der Waals surface area contributed by atoms with Gasteiger partial charge in [-0.3, -0.25) is 19.6 Å². The van der Waals surface area contributed by atoms with Crippen LogP contribution < -0.4 is 14.8 Å². The molecule has 3 N–H and O–H groups in total. The van der Waals surface area contributed by atoms with Crippen LogP contribution in [0.1, 0.15) is 36.8 Å². The second-order valence-electron chi connectivity index (χ2n) is 8.36. The smallest absolute Gasteiger partial charge is 0.293 e. The summed E-state index contributed by atoms with van der Waals surface area (Å²) in [6, 6.07) is 9.41. The molecule has 3 rings (SSSR count). The number of nitro groups is 1. The number of aromatic amines is 1. The lowest BCUT2D eigenvalue weighted by molar-refractivity contribution is -0.383. The van der Waals surface area contributed by atoms with Gasteiger partial charge in [0.15, 0.2) is 5.75 Å². The van der Waals surface area contributed by atoms with E-state index in [1.165, 1.54) is 25.3 Å². The summed E-state index contributed by atoms with van der Waals surface area (Å²) in [5, 5.41) is 14.5. The molecule has 2 aromatic carbocycles. The van der Waals surface area contributed by atoms with Gasteiger partial charge in [-0.25, -0.2) is 8.42 Å². The van der Waals surface area contributed by atoms with Crippen LogP contribution in [0.2, 0.25) is 0 Å². The SMILES string of the molecule is COc1c(NC(=O)c2cc3cccc([N+](=O)[O-])c3[nH]2)cc(C(C)(C)C)cc1NS(C)(=O)=O. The van der Waals surface area contributed by atoms with Crippen LogP contribution in [0.4, 0.5) is 17.1 Å². The Morgan fingerprint density at radius 2 is 1.81 bits per heavy atom. The molecule has 0 spiro atoms. The Balaban J connectivity index is 2.08. The van der Waals surface area contributed by atoms with Gasteiger partial charge in [-0.05, 0) is 29.2 Å². The summed E-state index contributed by atoms with van der Waals surface area (Å²) in [7, 11) is -2.25. The molecule has 0 radical (unpaired) electrons. The Kier molecular flexibility index (Phi) is 5.88. The molecular weight excluding hydrogens is 436 g/mol. The van der Waals surface area contributed by atoms with Gasteiger partial charge in [0.25, 0.3) is 11.6 Å². The van der Waals surface area contributed by atoms with Gasteiger partial charge >= 0.3 is 0 Å². The van der Waals surface area contributed by atoms with Gasteiger partial charge < -0.3 is 15.0 Å². The van der Waals surface area contributed by atoms with Crippen molar-refractivity contribution in [3.8, 4) is 5.75 Å². The van der Waals surface area contributed by atoms with Crippen molar-refractivity contribution in [3.05, 3.63) is 57.8 Å². The number of methoxy groups -OCH3 is 1. The van der Waals surface area contributed by atoms with Crippen molar-refractivity contribution in [2.75, 3.05) is 23.4 Å². The molecule has 3 aromatic rings. The van der Waals surface area contributed by atoms with Crippen molar-refractivity contribution < 1.29 is 22.9 Å². The number of hydrogen-bond acceptors (Lipinski definition) is 6. The molecule has 32 heavy (non-hydrogen) atoms. The number of para-hydroxylation sites is 1. The normalized spacial score (nSPS) is 11.9. The maximum atomic E-state index is 13.0. The van der Waals surface area contributed by atoms with Crippen LogP contribution in [0.5, 0.6) is 5.75 Å². The lowest BCUT2D eigenvalue weighted by atomic mass is 9.86. The summed E-state index contributed by atoms with van der Waals surface area (Å²) < 4.78 is 31.5. The van der Waals surface area contributed by atoms with E-state index in [1.807, 2.05) is 20.8 Å². The summed E-state index contributed by atoms with van der Waals surface area (Å²) in [6.45, 7) is 5.84. The number of nitro benzene ring substituents is 1. The Labute approximate surface area is 185 Å². The predicted octanol–water partition coefficient (Wildman–Crippen LogP) is 4.01. The number of aromatic nitrogens is 1. The summed E-state index contributed by atoms with van der Waals surface area (Å²) in [5.41, 5.74) is 1.03. The van der Waals surface area contributed by atoms with Crippen LogP contribution in [0.25, 0.3) is 10.9 Å². The molecule has 170 valence electrons. The Morgan fingerprint density at radius 3 is 2.38 bits per heavy atom. The number of non-ortho nitro benzene ring substituents is 1. The molecule has 10 nitrogen and oxygen atoms in total. The van der Waals surface area contributed by atoms with Gasteiger partial charge in [-0.2, -0.15) is 0 Å². The molecule has 0 bridgehead atoms. The van der Waals surface area contributed by atoms with E-state index in [-0.39, 0.29) is 39.4 Å². The van der Waals surface area contributed by atoms with Gasteiger partial charge in [-0.15, -0.1) is 0 Å². The molecule has 1 aromatic heterocycles. The first-order valence-corrected chi connectivity index (χ1v) is 11.5.